The molecule has 0 fully saturated rings. The third kappa shape index (κ3) is 4.52. The Hall–Kier alpha value is -3.44. The average Bonchev–Trinajstić information content (AvgIpc) is 3.51. The van der Waals surface area contributed by atoms with E-state index in [4.69, 9.17) is 4.42 Å². The van der Waals surface area contributed by atoms with Gasteiger partial charge in [0.25, 0.3) is 5.91 Å². The maximum Gasteiger partial charge on any atom is 0.416 e. The zero-order valence-corrected chi connectivity index (χ0v) is 16.5. The number of furan rings is 1. The van der Waals surface area contributed by atoms with Gasteiger partial charge in [-0.1, -0.05) is 12.1 Å². The number of aliphatic hydroxyl groups excluding tert-OH is 1. The molecule has 1 amide bonds. The predicted molar refractivity (Wildman–Crippen MR) is 106 cm³/mol. The Bertz CT molecular complexity index is 1170. The van der Waals surface area contributed by atoms with Crippen LogP contribution in [0.25, 0.3) is 16.4 Å². The monoisotopic (exact) mass is 448 g/mol. The standard InChI is InChI=1S/C20H15F3N4O3S/c21-20(22,23)12-4-1-5-13(10-12)27-18(16-7-3-9-31-16)25-17(26-27)19(29)24-11-14(28)15-6-2-8-30-15/h1-10,14,28H,11H2,(H,24,29). The number of carbonyl (C=O) groups is 1. The Labute approximate surface area is 177 Å². The molecule has 31 heavy (non-hydrogen) atoms. The van der Waals surface area contributed by atoms with Gasteiger partial charge >= 0.3 is 6.18 Å². The van der Waals surface area contributed by atoms with Crippen LogP contribution in [0.1, 0.15) is 28.0 Å². The molecule has 3 heterocycles. The molecule has 11 heteroatoms. The zero-order chi connectivity index (χ0) is 22.0. The lowest BCUT2D eigenvalue weighted by Crippen LogP contribution is -2.29. The topological polar surface area (TPSA) is 93.2 Å². The number of aliphatic hydroxyl groups is 1. The fourth-order valence-electron chi connectivity index (χ4n) is 2.82. The second-order valence-corrected chi connectivity index (χ2v) is 7.39. The van der Waals surface area contributed by atoms with E-state index in [2.05, 4.69) is 15.4 Å². The smallest absolute Gasteiger partial charge is 0.416 e. The summed E-state index contributed by atoms with van der Waals surface area (Å²) in [5.41, 5.74) is -0.731. The number of thiophene rings is 1. The fourth-order valence-corrected chi connectivity index (χ4v) is 3.52. The van der Waals surface area contributed by atoms with Crippen molar-refractivity contribution in [2.75, 3.05) is 6.54 Å². The van der Waals surface area contributed by atoms with E-state index in [1.807, 2.05) is 0 Å². The second kappa shape index (κ2) is 8.36. The third-order valence-electron chi connectivity index (χ3n) is 4.30. The highest BCUT2D eigenvalue weighted by Gasteiger charge is 2.31. The van der Waals surface area contributed by atoms with E-state index in [9.17, 15) is 23.1 Å². The van der Waals surface area contributed by atoms with Crippen LogP contribution in [0.4, 0.5) is 13.2 Å². The SMILES string of the molecule is O=C(NCC(O)c1ccco1)c1nc(-c2cccs2)n(-c2cccc(C(F)(F)F)c2)n1. The number of nitrogens with one attached hydrogen (secondary N) is 1. The summed E-state index contributed by atoms with van der Waals surface area (Å²) in [5, 5.41) is 18.4. The molecule has 1 atom stereocenters. The number of amides is 1. The van der Waals surface area contributed by atoms with Crippen LogP contribution in [0.2, 0.25) is 0 Å². The van der Waals surface area contributed by atoms with E-state index in [0.717, 1.165) is 12.1 Å². The quantitative estimate of drug-likeness (QED) is 0.464. The number of hydrogen-bond donors (Lipinski definition) is 2. The van der Waals surface area contributed by atoms with E-state index >= 15 is 0 Å². The minimum atomic E-state index is -4.53. The van der Waals surface area contributed by atoms with Gasteiger partial charge in [0.1, 0.15) is 11.9 Å². The van der Waals surface area contributed by atoms with E-state index in [-0.39, 0.29) is 29.6 Å². The summed E-state index contributed by atoms with van der Waals surface area (Å²) in [4.78, 5) is 17.4. The first-order valence-electron chi connectivity index (χ1n) is 9.01. The molecule has 0 bridgehead atoms. The summed E-state index contributed by atoms with van der Waals surface area (Å²) < 4.78 is 45.7. The average molecular weight is 448 g/mol. The van der Waals surface area contributed by atoms with Gasteiger partial charge in [0.05, 0.1) is 28.9 Å². The van der Waals surface area contributed by atoms with Crippen LogP contribution in [0, 0.1) is 0 Å². The first kappa shape index (κ1) is 20.8. The highest BCUT2D eigenvalue weighted by Crippen LogP contribution is 2.32. The number of alkyl halides is 3. The molecule has 0 saturated heterocycles. The van der Waals surface area contributed by atoms with Crippen LogP contribution in [-0.2, 0) is 6.18 Å². The molecule has 160 valence electrons. The minimum absolute atomic E-state index is 0.111. The highest BCUT2D eigenvalue weighted by molar-refractivity contribution is 7.13. The van der Waals surface area contributed by atoms with E-state index in [1.54, 1.807) is 29.6 Å². The fraction of sp³-hybridized carbons (Fsp3) is 0.150. The number of nitrogens with zero attached hydrogens (tertiary/aromatic N) is 3. The third-order valence-corrected chi connectivity index (χ3v) is 5.16. The minimum Gasteiger partial charge on any atom is -0.467 e. The lowest BCUT2D eigenvalue weighted by atomic mass is 10.2. The Kier molecular flexibility index (Phi) is 5.61. The largest absolute Gasteiger partial charge is 0.467 e. The molecule has 4 aromatic rings. The van der Waals surface area contributed by atoms with Gasteiger partial charge in [-0.3, -0.25) is 4.79 Å². The normalized spacial score (nSPS) is 12.6. The summed E-state index contributed by atoms with van der Waals surface area (Å²) in [6.07, 6.45) is -4.20. The van der Waals surface area contributed by atoms with Gasteiger partial charge in [-0.25, -0.2) is 9.67 Å². The molecule has 0 aliphatic rings. The zero-order valence-electron chi connectivity index (χ0n) is 15.7. The lowest BCUT2D eigenvalue weighted by molar-refractivity contribution is -0.137. The van der Waals surface area contributed by atoms with Crippen LogP contribution in [0.5, 0.6) is 0 Å². The number of carbonyl (C=O) groups excluding carboxylic acids is 1. The van der Waals surface area contributed by atoms with Gasteiger partial charge in [0.2, 0.25) is 5.82 Å². The van der Waals surface area contributed by atoms with Gasteiger partial charge in [-0.15, -0.1) is 16.4 Å². The van der Waals surface area contributed by atoms with Crippen molar-refractivity contribution in [3.8, 4) is 16.4 Å². The van der Waals surface area contributed by atoms with Crippen molar-refractivity contribution in [1.82, 2.24) is 20.1 Å². The van der Waals surface area contributed by atoms with Gasteiger partial charge in [0, 0.05) is 0 Å². The molecule has 0 saturated carbocycles. The van der Waals surface area contributed by atoms with Crippen molar-refractivity contribution in [2.24, 2.45) is 0 Å². The van der Waals surface area contributed by atoms with Crippen LogP contribution in [-0.4, -0.2) is 32.3 Å². The summed E-state index contributed by atoms with van der Waals surface area (Å²) in [7, 11) is 0. The van der Waals surface area contributed by atoms with E-state index in [0.29, 0.717) is 4.88 Å². The maximum atomic E-state index is 13.1. The Morgan fingerprint density at radius 3 is 2.74 bits per heavy atom. The molecule has 2 N–H and O–H groups in total. The number of benzene rings is 1. The molecular formula is C20H15F3N4O3S. The van der Waals surface area contributed by atoms with Crippen molar-refractivity contribution in [3.05, 3.63) is 77.3 Å². The summed E-state index contributed by atoms with van der Waals surface area (Å²) in [6.45, 7) is -0.154. The van der Waals surface area contributed by atoms with Crippen molar-refractivity contribution in [3.63, 3.8) is 0 Å². The summed E-state index contributed by atoms with van der Waals surface area (Å²) >= 11 is 1.31. The molecule has 4 rings (SSSR count). The molecule has 3 aromatic heterocycles. The predicted octanol–water partition coefficient (Wildman–Crippen LogP) is 4.07. The van der Waals surface area contributed by atoms with Gasteiger partial charge in [-0.2, -0.15) is 13.2 Å². The Morgan fingerprint density at radius 1 is 1.23 bits per heavy atom. The number of aromatic nitrogens is 3. The van der Waals surface area contributed by atoms with Crippen molar-refractivity contribution in [1.29, 1.82) is 0 Å². The van der Waals surface area contributed by atoms with Crippen LogP contribution in [0.15, 0.2) is 64.6 Å². The molecule has 0 spiro atoms. The van der Waals surface area contributed by atoms with Crippen molar-refractivity contribution < 1.29 is 27.5 Å². The molecule has 1 aromatic carbocycles. The number of halogens is 3. The number of hydrogen-bond acceptors (Lipinski definition) is 6. The van der Waals surface area contributed by atoms with Crippen LogP contribution in [0.3, 0.4) is 0 Å². The first-order valence-corrected chi connectivity index (χ1v) is 9.89. The van der Waals surface area contributed by atoms with E-state index < -0.39 is 23.8 Å². The second-order valence-electron chi connectivity index (χ2n) is 6.44. The van der Waals surface area contributed by atoms with Gasteiger partial charge in [-0.05, 0) is 41.8 Å². The summed E-state index contributed by atoms with van der Waals surface area (Å²) in [6, 6.07) is 11.2. The molecule has 0 aliphatic heterocycles. The first-order chi connectivity index (χ1) is 14.8. The Morgan fingerprint density at radius 2 is 2.06 bits per heavy atom. The lowest BCUT2D eigenvalue weighted by Gasteiger charge is -2.09. The molecular weight excluding hydrogens is 433 g/mol. The molecule has 1 unspecified atom stereocenters. The van der Waals surface area contributed by atoms with Crippen LogP contribution < -0.4 is 5.32 Å². The van der Waals surface area contributed by atoms with Crippen molar-refractivity contribution >= 4 is 17.2 Å². The summed E-state index contributed by atoms with van der Waals surface area (Å²) in [5.74, 6) is -0.422. The van der Waals surface area contributed by atoms with Gasteiger partial charge in [0.15, 0.2) is 5.82 Å². The highest BCUT2D eigenvalue weighted by atomic mass is 32.1. The molecule has 7 nitrogen and oxygen atoms in total. The molecule has 0 radical (unpaired) electrons. The maximum absolute atomic E-state index is 13.1. The van der Waals surface area contributed by atoms with Gasteiger partial charge < -0.3 is 14.8 Å². The van der Waals surface area contributed by atoms with Crippen LogP contribution >= 0.6 is 11.3 Å². The number of rotatable bonds is 6. The van der Waals surface area contributed by atoms with E-state index in [1.165, 1.54) is 34.4 Å². The van der Waals surface area contributed by atoms with Crippen molar-refractivity contribution in [2.45, 2.75) is 12.3 Å². The molecule has 0 aliphatic carbocycles. The Balaban J connectivity index is 1.64.